The smallest absolute Gasteiger partial charge is 0.242 e. The molecule has 0 saturated heterocycles. The Morgan fingerprint density at radius 1 is 1.00 bits per heavy atom. The van der Waals surface area contributed by atoms with Gasteiger partial charge < -0.3 is 21.1 Å². The Morgan fingerprint density at radius 3 is 2.07 bits per heavy atom. The zero-order chi connectivity index (χ0) is 22.9. The van der Waals surface area contributed by atoms with Crippen LogP contribution in [-0.4, -0.2) is 42.1 Å². The third-order valence-corrected chi connectivity index (χ3v) is 4.83. The molecule has 0 bridgehead atoms. The van der Waals surface area contributed by atoms with Gasteiger partial charge in [-0.25, -0.2) is 0 Å². The van der Waals surface area contributed by atoms with Gasteiger partial charge in [-0.3, -0.25) is 9.59 Å². The SMILES string of the molecule is CC(C)CC(C)(C)C(=O)N[C@@H](CCCCN)C(=O)NC(C)(C)CCOC(C)(C)C. The summed E-state index contributed by atoms with van der Waals surface area (Å²) in [6.45, 7) is 19.2. The number of hydrogen-bond acceptors (Lipinski definition) is 4. The van der Waals surface area contributed by atoms with Crippen LogP contribution in [0.5, 0.6) is 0 Å². The Balaban J connectivity index is 5.04. The molecule has 4 N–H and O–H groups in total. The van der Waals surface area contributed by atoms with Crippen molar-refractivity contribution in [3.63, 3.8) is 0 Å². The summed E-state index contributed by atoms with van der Waals surface area (Å²) < 4.78 is 5.80. The van der Waals surface area contributed by atoms with E-state index in [0.29, 0.717) is 31.9 Å². The lowest BCUT2D eigenvalue weighted by molar-refractivity contribution is -0.135. The fraction of sp³-hybridized carbons (Fsp3) is 0.913. The summed E-state index contributed by atoms with van der Waals surface area (Å²) in [4.78, 5) is 25.9. The molecule has 6 heteroatoms. The molecule has 0 aliphatic carbocycles. The van der Waals surface area contributed by atoms with E-state index in [1.54, 1.807) is 0 Å². The van der Waals surface area contributed by atoms with Gasteiger partial charge in [0.25, 0.3) is 0 Å². The first-order chi connectivity index (χ1) is 13.1. The van der Waals surface area contributed by atoms with Gasteiger partial charge in [0.15, 0.2) is 0 Å². The van der Waals surface area contributed by atoms with Crippen LogP contribution >= 0.6 is 0 Å². The van der Waals surface area contributed by atoms with E-state index in [0.717, 1.165) is 19.3 Å². The monoisotopic (exact) mass is 413 g/mol. The van der Waals surface area contributed by atoms with Gasteiger partial charge in [-0.05, 0) is 79.2 Å². The maximum Gasteiger partial charge on any atom is 0.242 e. The first kappa shape index (κ1) is 27.9. The van der Waals surface area contributed by atoms with Gasteiger partial charge in [-0.1, -0.05) is 27.7 Å². The number of nitrogens with two attached hydrogens (primary N) is 1. The van der Waals surface area contributed by atoms with Crippen LogP contribution in [-0.2, 0) is 14.3 Å². The topological polar surface area (TPSA) is 93.5 Å². The Kier molecular flexibility index (Phi) is 11.4. The van der Waals surface area contributed by atoms with E-state index in [9.17, 15) is 9.59 Å². The molecule has 0 aromatic heterocycles. The normalized spacial score (nSPS) is 14.0. The van der Waals surface area contributed by atoms with Crippen molar-refractivity contribution < 1.29 is 14.3 Å². The minimum absolute atomic E-state index is 0.0760. The molecule has 0 heterocycles. The lowest BCUT2D eigenvalue weighted by Gasteiger charge is -2.32. The second-order valence-corrected chi connectivity index (χ2v) is 10.9. The van der Waals surface area contributed by atoms with E-state index < -0.39 is 17.0 Å². The first-order valence-electron chi connectivity index (χ1n) is 11.1. The highest BCUT2D eigenvalue weighted by Gasteiger charge is 2.33. The summed E-state index contributed by atoms with van der Waals surface area (Å²) in [6.07, 6.45) is 3.68. The van der Waals surface area contributed by atoms with E-state index in [4.69, 9.17) is 10.5 Å². The lowest BCUT2D eigenvalue weighted by Crippen LogP contribution is -2.55. The zero-order valence-corrected chi connectivity index (χ0v) is 20.4. The number of amides is 2. The van der Waals surface area contributed by atoms with Crippen LogP contribution in [0.1, 0.15) is 94.4 Å². The molecule has 0 radical (unpaired) electrons. The van der Waals surface area contributed by atoms with E-state index in [2.05, 4.69) is 24.5 Å². The van der Waals surface area contributed by atoms with Crippen molar-refractivity contribution in [2.24, 2.45) is 17.1 Å². The van der Waals surface area contributed by atoms with Crippen molar-refractivity contribution in [1.82, 2.24) is 10.6 Å². The van der Waals surface area contributed by atoms with Crippen LogP contribution in [0.2, 0.25) is 0 Å². The molecule has 1 atom stereocenters. The number of carbonyl (C=O) groups excluding carboxylic acids is 2. The molecule has 0 saturated carbocycles. The van der Waals surface area contributed by atoms with Gasteiger partial charge in [-0.2, -0.15) is 0 Å². The maximum atomic E-state index is 13.0. The van der Waals surface area contributed by atoms with Crippen LogP contribution in [0.15, 0.2) is 0 Å². The third-order valence-electron chi connectivity index (χ3n) is 4.83. The number of unbranched alkanes of at least 4 members (excludes halogenated alkanes) is 1. The Labute approximate surface area is 179 Å². The van der Waals surface area contributed by atoms with E-state index >= 15 is 0 Å². The summed E-state index contributed by atoms with van der Waals surface area (Å²) in [6, 6.07) is -0.553. The number of ether oxygens (including phenoxy) is 1. The summed E-state index contributed by atoms with van der Waals surface area (Å²) >= 11 is 0. The van der Waals surface area contributed by atoms with Crippen molar-refractivity contribution in [2.75, 3.05) is 13.2 Å². The number of nitrogens with one attached hydrogen (secondary N) is 2. The minimum atomic E-state index is -0.553. The highest BCUT2D eigenvalue weighted by molar-refractivity contribution is 5.90. The Bertz CT molecular complexity index is 508. The molecule has 0 aliphatic heterocycles. The minimum Gasteiger partial charge on any atom is -0.376 e. The van der Waals surface area contributed by atoms with Crippen molar-refractivity contribution in [3.8, 4) is 0 Å². The second-order valence-electron chi connectivity index (χ2n) is 10.9. The average molecular weight is 414 g/mol. The summed E-state index contributed by atoms with van der Waals surface area (Å²) in [5.74, 6) is 0.187. The molecule has 6 nitrogen and oxygen atoms in total. The van der Waals surface area contributed by atoms with Crippen molar-refractivity contribution in [1.29, 1.82) is 0 Å². The van der Waals surface area contributed by atoms with E-state index in [-0.39, 0.29) is 17.4 Å². The van der Waals surface area contributed by atoms with Gasteiger partial charge in [0.2, 0.25) is 11.8 Å². The molecule has 172 valence electrons. The number of hydrogen-bond donors (Lipinski definition) is 3. The molecule has 0 fully saturated rings. The fourth-order valence-corrected chi connectivity index (χ4v) is 3.32. The highest BCUT2D eigenvalue weighted by Crippen LogP contribution is 2.26. The first-order valence-corrected chi connectivity index (χ1v) is 11.1. The molecule has 0 aromatic rings. The molecule has 0 aromatic carbocycles. The molecule has 2 amide bonds. The third kappa shape index (κ3) is 12.9. The lowest BCUT2D eigenvalue weighted by atomic mass is 9.83. The van der Waals surface area contributed by atoms with Crippen LogP contribution in [0.25, 0.3) is 0 Å². The fourth-order valence-electron chi connectivity index (χ4n) is 3.32. The summed E-state index contributed by atoms with van der Waals surface area (Å²) in [5, 5.41) is 6.10. The molecule has 29 heavy (non-hydrogen) atoms. The number of carbonyl (C=O) groups is 2. The molecule has 0 rings (SSSR count). The average Bonchev–Trinajstić information content (AvgIpc) is 2.50. The summed E-state index contributed by atoms with van der Waals surface area (Å²) in [7, 11) is 0. The van der Waals surface area contributed by atoms with Crippen molar-refractivity contribution in [2.45, 2.75) is 112 Å². The summed E-state index contributed by atoms with van der Waals surface area (Å²) in [5.41, 5.74) is 4.46. The molecule has 0 unspecified atom stereocenters. The van der Waals surface area contributed by atoms with Crippen LogP contribution < -0.4 is 16.4 Å². The van der Waals surface area contributed by atoms with Gasteiger partial charge in [0, 0.05) is 17.6 Å². The number of rotatable bonds is 13. The zero-order valence-electron chi connectivity index (χ0n) is 20.4. The largest absolute Gasteiger partial charge is 0.376 e. The molecule has 0 aliphatic rings. The second kappa shape index (κ2) is 11.9. The van der Waals surface area contributed by atoms with E-state index in [1.807, 2.05) is 48.5 Å². The van der Waals surface area contributed by atoms with Crippen LogP contribution in [0.4, 0.5) is 0 Å². The highest BCUT2D eigenvalue weighted by atomic mass is 16.5. The van der Waals surface area contributed by atoms with Gasteiger partial charge >= 0.3 is 0 Å². The van der Waals surface area contributed by atoms with Crippen molar-refractivity contribution >= 4 is 11.8 Å². The molecular weight excluding hydrogens is 366 g/mol. The van der Waals surface area contributed by atoms with Gasteiger partial charge in [0.1, 0.15) is 6.04 Å². The Morgan fingerprint density at radius 2 is 1.59 bits per heavy atom. The van der Waals surface area contributed by atoms with Gasteiger partial charge in [-0.15, -0.1) is 0 Å². The standard InChI is InChI=1S/C23H47N3O3/c1-17(2)16-22(6,7)20(28)25-18(12-10-11-14-24)19(27)26-23(8,9)13-15-29-21(3,4)5/h17-18H,10-16,24H2,1-9H3,(H,25,28)(H,26,27)/t18-/m0/s1. The predicted molar refractivity (Wildman–Crippen MR) is 121 cm³/mol. The molecule has 0 spiro atoms. The van der Waals surface area contributed by atoms with Gasteiger partial charge in [0.05, 0.1) is 5.60 Å². The van der Waals surface area contributed by atoms with Crippen molar-refractivity contribution in [3.05, 3.63) is 0 Å². The Hall–Kier alpha value is -1.14. The van der Waals surface area contributed by atoms with Crippen LogP contribution in [0.3, 0.4) is 0 Å². The van der Waals surface area contributed by atoms with Crippen LogP contribution in [0, 0.1) is 11.3 Å². The molecular formula is C23H47N3O3. The quantitative estimate of drug-likeness (QED) is 0.401. The maximum absolute atomic E-state index is 13.0. The van der Waals surface area contributed by atoms with E-state index in [1.165, 1.54) is 0 Å². The predicted octanol–water partition coefficient (Wildman–Crippen LogP) is 3.77.